The molecule has 0 saturated carbocycles. The lowest BCUT2D eigenvalue weighted by Crippen LogP contribution is -2.48. The molecule has 0 radical (unpaired) electrons. The average molecular weight is 510 g/mol. The van der Waals surface area contributed by atoms with Crippen molar-refractivity contribution < 1.29 is 22.7 Å². The maximum atomic E-state index is 12.6. The summed E-state index contributed by atoms with van der Waals surface area (Å²) in [7, 11) is -3.87. The number of carbonyl (C=O) groups is 2. The van der Waals surface area contributed by atoms with Gasteiger partial charge in [0.05, 0.1) is 15.6 Å². The van der Waals surface area contributed by atoms with Crippen LogP contribution in [-0.4, -0.2) is 32.6 Å². The Morgan fingerprint density at radius 3 is 2.32 bits per heavy atom. The lowest BCUT2D eigenvalue weighted by molar-refractivity contribution is -0.132. The number of hydrogen-bond donors (Lipinski definition) is 2. The van der Waals surface area contributed by atoms with E-state index in [1.165, 1.54) is 25.3 Å². The highest BCUT2D eigenvalue weighted by Gasteiger charge is 2.28. The van der Waals surface area contributed by atoms with Crippen LogP contribution in [0.1, 0.15) is 31.9 Å². The highest BCUT2D eigenvalue weighted by Crippen LogP contribution is 2.25. The zero-order valence-corrected chi connectivity index (χ0v) is 20.0. The number of benzene rings is 2. The van der Waals surface area contributed by atoms with E-state index >= 15 is 0 Å². The minimum Gasteiger partial charge on any atom is -0.426 e. The van der Waals surface area contributed by atoms with E-state index in [1.54, 1.807) is 44.2 Å². The minimum absolute atomic E-state index is 0.0813. The Bertz CT molecular complexity index is 1080. The maximum absolute atomic E-state index is 12.6. The average Bonchev–Trinajstić information content (AvgIpc) is 2.68. The van der Waals surface area contributed by atoms with Gasteiger partial charge in [0.2, 0.25) is 10.0 Å². The molecule has 0 bridgehead atoms. The fraction of sp³-hybridized carbons (Fsp3) is 0.286. The number of ether oxygens (including phenoxy) is 1. The first-order valence-electron chi connectivity index (χ1n) is 9.39. The topological polar surface area (TPSA) is 114 Å². The van der Waals surface area contributed by atoms with E-state index in [9.17, 15) is 18.0 Å². The Hall–Kier alpha value is -2.56. The third-order valence-electron chi connectivity index (χ3n) is 4.16. The Kier molecular flexibility index (Phi) is 8.49. The Morgan fingerprint density at radius 1 is 1.13 bits per heavy atom. The molecule has 8 nitrogen and oxygen atoms in total. The summed E-state index contributed by atoms with van der Waals surface area (Å²) in [6.45, 7) is 6.62. The standard InChI is InChI=1S/C21H24BrN3O5S/c1-13(2)20(25-31(28,29)17-8-5-14(3)6-9-17)21(27)24-23-12-16-7-10-19(18(22)11-16)30-15(4)26/h5-13,20,25H,1-4H3,(H,24,27)/b23-12-/t20-/m0/s1. The van der Waals surface area contributed by atoms with Crippen LogP contribution in [0.4, 0.5) is 0 Å². The van der Waals surface area contributed by atoms with Crippen LogP contribution in [0, 0.1) is 12.8 Å². The smallest absolute Gasteiger partial charge is 0.308 e. The van der Waals surface area contributed by atoms with Crippen molar-refractivity contribution in [1.29, 1.82) is 0 Å². The number of amides is 1. The van der Waals surface area contributed by atoms with Gasteiger partial charge in [0.1, 0.15) is 11.8 Å². The lowest BCUT2D eigenvalue weighted by atomic mass is 10.1. The Balaban J connectivity index is 2.08. The predicted molar refractivity (Wildman–Crippen MR) is 121 cm³/mol. The number of esters is 1. The van der Waals surface area contributed by atoms with Gasteiger partial charge < -0.3 is 4.74 Å². The van der Waals surface area contributed by atoms with E-state index in [4.69, 9.17) is 4.74 Å². The molecule has 0 fully saturated rings. The van der Waals surface area contributed by atoms with Gasteiger partial charge in [0, 0.05) is 6.92 Å². The highest BCUT2D eigenvalue weighted by atomic mass is 79.9. The third-order valence-corrected chi connectivity index (χ3v) is 6.24. The van der Waals surface area contributed by atoms with Gasteiger partial charge in [-0.25, -0.2) is 13.8 Å². The summed E-state index contributed by atoms with van der Waals surface area (Å²) in [4.78, 5) is 23.7. The molecule has 1 atom stereocenters. The lowest BCUT2D eigenvalue weighted by Gasteiger charge is -2.20. The van der Waals surface area contributed by atoms with Gasteiger partial charge in [0.15, 0.2) is 0 Å². The first-order valence-corrected chi connectivity index (χ1v) is 11.7. The van der Waals surface area contributed by atoms with E-state index < -0.39 is 27.9 Å². The molecule has 31 heavy (non-hydrogen) atoms. The number of carbonyl (C=O) groups excluding carboxylic acids is 2. The van der Waals surface area contributed by atoms with Gasteiger partial charge in [-0.3, -0.25) is 9.59 Å². The quantitative estimate of drug-likeness (QED) is 0.245. The largest absolute Gasteiger partial charge is 0.426 e. The molecule has 2 rings (SSSR count). The molecule has 0 aromatic heterocycles. The number of sulfonamides is 1. The van der Waals surface area contributed by atoms with Crippen LogP contribution in [0.15, 0.2) is 56.9 Å². The Morgan fingerprint density at radius 2 is 1.77 bits per heavy atom. The molecule has 2 aromatic rings. The molecule has 166 valence electrons. The van der Waals surface area contributed by atoms with Crippen molar-refractivity contribution in [2.45, 2.75) is 38.6 Å². The molecule has 1 amide bonds. The fourth-order valence-corrected chi connectivity index (χ4v) is 4.34. The molecule has 0 aliphatic carbocycles. The predicted octanol–water partition coefficient (Wildman–Crippen LogP) is 3.14. The monoisotopic (exact) mass is 509 g/mol. The molecule has 2 N–H and O–H groups in total. The van der Waals surface area contributed by atoms with Crippen molar-refractivity contribution in [3.63, 3.8) is 0 Å². The van der Waals surface area contributed by atoms with Gasteiger partial charge >= 0.3 is 5.97 Å². The van der Waals surface area contributed by atoms with Crippen molar-refractivity contribution in [2.75, 3.05) is 0 Å². The number of hydrazone groups is 1. The fourth-order valence-electron chi connectivity index (χ4n) is 2.52. The molecule has 10 heteroatoms. The van der Waals surface area contributed by atoms with E-state index in [0.717, 1.165) is 5.56 Å². The minimum atomic E-state index is -3.87. The van der Waals surface area contributed by atoms with Crippen molar-refractivity contribution in [2.24, 2.45) is 11.0 Å². The molecule has 0 aliphatic heterocycles. The molecule has 0 heterocycles. The molecule has 0 aliphatic rings. The number of nitrogens with zero attached hydrogens (tertiary/aromatic N) is 1. The van der Waals surface area contributed by atoms with Crippen LogP contribution in [0.2, 0.25) is 0 Å². The molecular weight excluding hydrogens is 486 g/mol. The maximum Gasteiger partial charge on any atom is 0.308 e. The Labute approximate surface area is 190 Å². The van der Waals surface area contributed by atoms with Crippen LogP contribution in [0.5, 0.6) is 5.75 Å². The third kappa shape index (κ3) is 7.27. The second kappa shape index (κ2) is 10.7. The number of nitrogens with one attached hydrogen (secondary N) is 2. The first-order chi connectivity index (χ1) is 14.5. The normalized spacial score (nSPS) is 12.7. The SMILES string of the molecule is CC(=O)Oc1ccc(/C=N\NC(=O)[C@@H](NS(=O)(=O)c2ccc(C)cc2)C(C)C)cc1Br. The molecule has 0 unspecified atom stereocenters. The van der Waals surface area contributed by atoms with Crippen molar-refractivity contribution in [1.82, 2.24) is 10.1 Å². The zero-order valence-electron chi connectivity index (χ0n) is 17.5. The van der Waals surface area contributed by atoms with E-state index in [2.05, 4.69) is 31.2 Å². The summed E-state index contributed by atoms with van der Waals surface area (Å²) in [5.74, 6) is -0.980. The van der Waals surface area contributed by atoms with Gasteiger partial charge in [-0.1, -0.05) is 31.5 Å². The van der Waals surface area contributed by atoms with Gasteiger partial charge in [-0.15, -0.1) is 0 Å². The van der Waals surface area contributed by atoms with Gasteiger partial charge in [-0.2, -0.15) is 9.82 Å². The van der Waals surface area contributed by atoms with Crippen molar-refractivity contribution in [3.05, 3.63) is 58.1 Å². The van der Waals surface area contributed by atoms with E-state index in [-0.39, 0.29) is 10.8 Å². The van der Waals surface area contributed by atoms with Crippen LogP contribution in [0.3, 0.4) is 0 Å². The molecule has 0 spiro atoms. The summed E-state index contributed by atoms with van der Waals surface area (Å²) in [5.41, 5.74) is 3.92. The summed E-state index contributed by atoms with van der Waals surface area (Å²) in [6.07, 6.45) is 1.39. The number of hydrogen-bond acceptors (Lipinski definition) is 6. The second-order valence-corrected chi connectivity index (χ2v) is 9.74. The van der Waals surface area contributed by atoms with Gasteiger partial charge in [-0.05, 0) is 64.7 Å². The summed E-state index contributed by atoms with van der Waals surface area (Å²) >= 11 is 3.30. The second-order valence-electron chi connectivity index (χ2n) is 7.17. The van der Waals surface area contributed by atoms with E-state index in [1.807, 2.05) is 6.92 Å². The first kappa shape index (κ1) is 24.7. The van der Waals surface area contributed by atoms with Crippen molar-refractivity contribution >= 4 is 44.0 Å². The van der Waals surface area contributed by atoms with E-state index in [0.29, 0.717) is 15.8 Å². The summed E-state index contributed by atoms with van der Waals surface area (Å²) in [5, 5.41) is 3.90. The molecular formula is C21H24BrN3O5S. The van der Waals surface area contributed by atoms with Gasteiger partial charge in [0.25, 0.3) is 5.91 Å². The highest BCUT2D eigenvalue weighted by molar-refractivity contribution is 9.10. The van der Waals surface area contributed by atoms with Crippen molar-refractivity contribution in [3.8, 4) is 5.75 Å². The number of rotatable bonds is 8. The van der Waals surface area contributed by atoms with Crippen LogP contribution >= 0.6 is 15.9 Å². The zero-order chi connectivity index (χ0) is 23.2. The number of halogens is 1. The molecule has 2 aromatic carbocycles. The summed E-state index contributed by atoms with van der Waals surface area (Å²) < 4.78 is 33.3. The molecule has 0 saturated heterocycles. The van der Waals surface area contributed by atoms with Crippen LogP contribution in [0.25, 0.3) is 0 Å². The van der Waals surface area contributed by atoms with Crippen LogP contribution < -0.4 is 14.9 Å². The van der Waals surface area contributed by atoms with Crippen LogP contribution in [-0.2, 0) is 19.6 Å². The number of aryl methyl sites for hydroxylation is 1. The summed E-state index contributed by atoms with van der Waals surface area (Å²) in [6, 6.07) is 10.2.